The van der Waals surface area contributed by atoms with E-state index in [1.165, 1.54) is 60.5 Å². The van der Waals surface area contributed by atoms with E-state index in [0.29, 0.717) is 17.5 Å². The van der Waals surface area contributed by atoms with Gasteiger partial charge in [-0.3, -0.25) is 0 Å². The number of hydrogen-bond acceptors (Lipinski definition) is 3. The average molecular weight is 801 g/mol. The van der Waals surface area contributed by atoms with Crippen LogP contribution >= 0.6 is 0 Å². The van der Waals surface area contributed by atoms with E-state index in [1.54, 1.807) is 0 Å². The summed E-state index contributed by atoms with van der Waals surface area (Å²) in [6.45, 7) is 0. The van der Waals surface area contributed by atoms with Crippen LogP contribution in [0.5, 0.6) is 0 Å². The molecule has 13 rings (SSSR count). The summed E-state index contributed by atoms with van der Waals surface area (Å²) in [5.74, 6) is 1.92. The van der Waals surface area contributed by atoms with Gasteiger partial charge in [0.2, 0.25) is 0 Å². The first-order chi connectivity index (χ1) is 31.3. The van der Waals surface area contributed by atoms with Crippen LogP contribution in [0, 0.1) is 0 Å². The molecule has 2 aromatic heterocycles. The zero-order valence-electron chi connectivity index (χ0n) is 34.1. The molecule has 2 heterocycles. The summed E-state index contributed by atoms with van der Waals surface area (Å²) in [4.78, 5) is 15.6. The van der Waals surface area contributed by atoms with Crippen molar-refractivity contribution in [2.75, 3.05) is 0 Å². The average Bonchev–Trinajstić information content (AvgIpc) is 3.63. The van der Waals surface area contributed by atoms with Crippen molar-refractivity contribution in [2.24, 2.45) is 0 Å². The van der Waals surface area contributed by atoms with Gasteiger partial charge in [0.1, 0.15) is 0 Å². The summed E-state index contributed by atoms with van der Waals surface area (Å²) in [5.41, 5.74) is 13.7. The Hall–Kier alpha value is -8.47. The molecule has 0 N–H and O–H groups in total. The highest BCUT2D eigenvalue weighted by Crippen LogP contribution is 2.51. The molecule has 0 saturated carbocycles. The second-order valence-corrected chi connectivity index (χ2v) is 16.2. The van der Waals surface area contributed by atoms with Crippen molar-refractivity contribution in [3.63, 3.8) is 0 Å². The van der Waals surface area contributed by atoms with Gasteiger partial charge in [0.05, 0.1) is 16.7 Å². The van der Waals surface area contributed by atoms with E-state index in [0.717, 1.165) is 49.4 Å². The van der Waals surface area contributed by atoms with Gasteiger partial charge >= 0.3 is 0 Å². The Bertz CT molecular complexity index is 3700. The molecule has 0 radical (unpaired) electrons. The zero-order valence-corrected chi connectivity index (χ0v) is 34.1. The van der Waals surface area contributed by atoms with Crippen LogP contribution in [0.1, 0.15) is 22.3 Å². The van der Waals surface area contributed by atoms with Gasteiger partial charge in [-0.1, -0.05) is 206 Å². The second kappa shape index (κ2) is 14.1. The number of aromatic nitrogens is 4. The first-order valence-electron chi connectivity index (χ1n) is 21.5. The lowest BCUT2D eigenvalue weighted by atomic mass is 9.85. The Morgan fingerprint density at radius 3 is 1.25 bits per heavy atom. The molecule has 63 heavy (non-hydrogen) atoms. The fourth-order valence-electron chi connectivity index (χ4n) is 10.2. The lowest BCUT2D eigenvalue weighted by Gasteiger charge is -2.21. The van der Waals surface area contributed by atoms with E-state index in [4.69, 9.17) is 15.0 Å². The molecule has 0 unspecified atom stereocenters. The first kappa shape index (κ1) is 35.3. The molecule has 0 spiro atoms. The van der Waals surface area contributed by atoms with Crippen LogP contribution in [-0.4, -0.2) is 19.5 Å². The zero-order chi connectivity index (χ0) is 41.4. The van der Waals surface area contributed by atoms with Gasteiger partial charge in [-0.2, -0.15) is 0 Å². The van der Waals surface area contributed by atoms with Crippen LogP contribution in [0.25, 0.3) is 105 Å². The smallest absolute Gasteiger partial charge is 0.165 e. The van der Waals surface area contributed by atoms with Crippen molar-refractivity contribution < 1.29 is 0 Å². The third-order valence-corrected chi connectivity index (χ3v) is 12.8. The van der Waals surface area contributed by atoms with Crippen molar-refractivity contribution in [1.82, 2.24) is 19.5 Å². The van der Waals surface area contributed by atoms with Crippen molar-refractivity contribution in [2.45, 2.75) is 0 Å². The van der Waals surface area contributed by atoms with E-state index in [9.17, 15) is 0 Å². The molecule has 0 atom stereocenters. The van der Waals surface area contributed by atoms with Crippen LogP contribution in [0.2, 0.25) is 0 Å². The van der Waals surface area contributed by atoms with E-state index >= 15 is 0 Å². The summed E-state index contributed by atoms with van der Waals surface area (Å²) in [7, 11) is 0. The number of benzene rings is 10. The van der Waals surface area contributed by atoms with E-state index in [2.05, 4.69) is 187 Å². The molecule has 0 bridgehead atoms. The molecule has 0 saturated heterocycles. The molecule has 292 valence electrons. The topological polar surface area (TPSA) is 43.6 Å². The minimum absolute atomic E-state index is 0.640. The minimum atomic E-state index is 0.640. The monoisotopic (exact) mass is 800 g/mol. The maximum absolute atomic E-state index is 5.29. The number of rotatable bonds is 6. The fourth-order valence-corrected chi connectivity index (χ4v) is 10.2. The lowest BCUT2D eigenvalue weighted by molar-refractivity contribution is 1.08. The van der Waals surface area contributed by atoms with Crippen molar-refractivity contribution in [1.29, 1.82) is 0 Å². The highest BCUT2D eigenvalue weighted by molar-refractivity contribution is 6.32. The van der Waals surface area contributed by atoms with Gasteiger partial charge in [-0.25, -0.2) is 15.0 Å². The molecule has 1 aliphatic rings. The van der Waals surface area contributed by atoms with E-state index in [-0.39, 0.29) is 0 Å². The highest BCUT2D eigenvalue weighted by Gasteiger charge is 2.29. The van der Waals surface area contributed by atoms with Crippen molar-refractivity contribution in [3.8, 4) is 39.9 Å². The van der Waals surface area contributed by atoms with Crippen molar-refractivity contribution in [3.05, 3.63) is 241 Å². The molecule has 12 aromatic rings. The Morgan fingerprint density at radius 1 is 0.286 bits per heavy atom. The number of nitrogens with zero attached hydrogens (tertiary/aromatic N) is 4. The molecule has 1 aliphatic carbocycles. The molecule has 0 amide bonds. The summed E-state index contributed by atoms with van der Waals surface area (Å²) in [6.07, 6.45) is 0. The van der Waals surface area contributed by atoms with Gasteiger partial charge < -0.3 is 4.57 Å². The minimum Gasteiger partial charge on any atom is -0.308 e. The maximum atomic E-state index is 5.29. The van der Waals surface area contributed by atoms with E-state index in [1.807, 2.05) is 36.4 Å². The summed E-state index contributed by atoms with van der Waals surface area (Å²) < 4.78 is 2.53. The molecule has 0 aliphatic heterocycles. The lowest BCUT2D eigenvalue weighted by Crippen LogP contribution is -2.03. The maximum Gasteiger partial charge on any atom is 0.165 e. The van der Waals surface area contributed by atoms with Crippen LogP contribution in [0.4, 0.5) is 0 Å². The molecule has 0 fully saturated rings. The molecule has 4 heteroatoms. The predicted octanol–water partition coefficient (Wildman–Crippen LogP) is 14.8. The molecule has 4 nitrogen and oxygen atoms in total. The third-order valence-electron chi connectivity index (χ3n) is 12.8. The highest BCUT2D eigenvalue weighted by atomic mass is 15.0. The Morgan fingerprint density at radius 2 is 0.714 bits per heavy atom. The predicted molar refractivity (Wildman–Crippen MR) is 261 cm³/mol. The quantitative estimate of drug-likeness (QED) is 0.157. The van der Waals surface area contributed by atoms with Crippen LogP contribution in [0.15, 0.2) is 218 Å². The van der Waals surface area contributed by atoms with Crippen LogP contribution in [0.3, 0.4) is 0 Å². The molecule has 10 aromatic carbocycles. The van der Waals surface area contributed by atoms with Gasteiger partial charge in [0.15, 0.2) is 17.5 Å². The van der Waals surface area contributed by atoms with Crippen LogP contribution < -0.4 is 0 Å². The summed E-state index contributed by atoms with van der Waals surface area (Å²) in [6, 6.07) is 78.2. The Kier molecular flexibility index (Phi) is 7.87. The van der Waals surface area contributed by atoms with Crippen molar-refractivity contribution >= 4 is 65.3 Å². The second-order valence-electron chi connectivity index (χ2n) is 16.2. The number of fused-ring (bicyclic) bond motifs is 2. The van der Waals surface area contributed by atoms with Gasteiger partial charge in [0, 0.05) is 38.2 Å². The Labute approximate surface area is 363 Å². The largest absolute Gasteiger partial charge is 0.308 e. The SMILES string of the molecule is c1ccc(C2=C(c3ccccc3)c3cccc4c3c3c5c2cccc5ccc3n4-c2c3ccccc3c(-c3nc(-c4ccccc4)nc(-c4ccccc4)n3)c3ccccc23)cc1. The molecular weight excluding hydrogens is 765 g/mol. The van der Waals surface area contributed by atoms with Gasteiger partial charge in [-0.15, -0.1) is 0 Å². The summed E-state index contributed by atoms with van der Waals surface area (Å²) >= 11 is 0. The molecular formula is C59H36N4. The first-order valence-corrected chi connectivity index (χ1v) is 21.5. The summed E-state index contributed by atoms with van der Waals surface area (Å²) in [5, 5.41) is 9.40. The normalized spacial score (nSPS) is 12.4. The fraction of sp³-hybridized carbons (Fsp3) is 0. The number of hydrogen-bond donors (Lipinski definition) is 0. The van der Waals surface area contributed by atoms with Crippen LogP contribution in [-0.2, 0) is 0 Å². The standard InChI is InChI=1S/C59H36N4/c1-5-19-37(20-6-1)50-46-32-17-27-39-35-36-49-55(52(39)46)54-47(51(50)38-21-7-2-8-22-38)33-18-34-48(54)63(49)56-44-30-15-13-28-42(44)53(43-29-14-16-31-45(43)56)59-61-57(40-23-9-3-10-24-40)60-58(62-59)41-25-11-4-12-26-41/h1-36H. The van der Waals surface area contributed by atoms with E-state index < -0.39 is 0 Å². The van der Waals surface area contributed by atoms with Gasteiger partial charge in [0.25, 0.3) is 0 Å². The Balaban J connectivity index is 1.17. The third kappa shape index (κ3) is 5.38. The van der Waals surface area contributed by atoms with Gasteiger partial charge in [-0.05, 0) is 67.1 Å².